The Morgan fingerprint density at radius 2 is 1.93 bits per heavy atom. The number of hydrogen-bond acceptors (Lipinski definition) is 1. The lowest BCUT2D eigenvalue weighted by molar-refractivity contribution is 0.405. The molecule has 0 amide bonds. The van der Waals surface area contributed by atoms with Crippen LogP contribution in [0.2, 0.25) is 12.1 Å². The predicted molar refractivity (Wildman–Crippen MR) is 67.5 cm³/mol. The van der Waals surface area contributed by atoms with Crippen molar-refractivity contribution in [2.24, 2.45) is 0 Å². The summed E-state index contributed by atoms with van der Waals surface area (Å²) in [5, 5.41) is 1.39. The maximum Gasteiger partial charge on any atom is 0.223 e. The Hall–Kier alpha value is -0.123. The maximum absolute atomic E-state index is 5.80. The minimum absolute atomic E-state index is 1.14. The van der Waals surface area contributed by atoms with Crippen molar-refractivity contribution in [1.29, 1.82) is 0 Å². The third-order valence-corrected chi connectivity index (χ3v) is 7.81. The predicted octanol–water partition coefficient (Wildman–Crippen LogP) is 3.29. The Bertz CT molecular complexity index is 289. The largest absolute Gasteiger partial charge is 0.416 e. The van der Waals surface area contributed by atoms with Crippen molar-refractivity contribution in [3.63, 3.8) is 0 Å². The Labute approximate surface area is 95.7 Å². The summed E-state index contributed by atoms with van der Waals surface area (Å²) in [7, 11) is 0.192. The van der Waals surface area contributed by atoms with Crippen LogP contribution >= 0.6 is 15.9 Å². The molecule has 0 aliphatic carbocycles. The fourth-order valence-electron chi connectivity index (χ4n) is 1.84. The van der Waals surface area contributed by atoms with Crippen LogP contribution in [-0.2, 0) is 4.43 Å². The van der Waals surface area contributed by atoms with Crippen LogP contribution in [0.25, 0.3) is 0 Å². The average Bonchev–Trinajstić information content (AvgIpc) is 2.22. The van der Waals surface area contributed by atoms with E-state index in [2.05, 4.69) is 54.0 Å². The van der Waals surface area contributed by atoms with Crippen LogP contribution in [0.5, 0.6) is 0 Å². The lowest BCUT2D eigenvalue weighted by Gasteiger charge is -2.27. The van der Waals surface area contributed by atoms with Crippen molar-refractivity contribution >= 4 is 29.4 Å². The van der Waals surface area contributed by atoms with Crippen LogP contribution in [0.4, 0.5) is 0 Å². The summed E-state index contributed by atoms with van der Waals surface area (Å²) in [4.78, 5) is 0. The van der Waals surface area contributed by atoms with E-state index in [1.54, 1.807) is 0 Å². The maximum atomic E-state index is 5.80. The molecule has 0 aliphatic heterocycles. The molecule has 1 aromatic rings. The SMILES string of the molecule is CC[Si](CC)(OC)c1cccc(Br)c1. The van der Waals surface area contributed by atoms with Crippen LogP contribution in [0.15, 0.2) is 28.7 Å². The Balaban J connectivity index is 3.10. The first-order valence-corrected chi connectivity index (χ1v) is 8.11. The third kappa shape index (κ3) is 2.27. The zero-order valence-electron chi connectivity index (χ0n) is 9.01. The highest BCUT2D eigenvalue weighted by Gasteiger charge is 2.31. The highest BCUT2D eigenvalue weighted by molar-refractivity contribution is 9.10. The summed E-state index contributed by atoms with van der Waals surface area (Å²) >= 11 is 3.51. The minimum Gasteiger partial charge on any atom is -0.416 e. The van der Waals surface area contributed by atoms with Crippen molar-refractivity contribution in [2.75, 3.05) is 7.11 Å². The molecule has 3 heteroatoms. The summed E-state index contributed by atoms with van der Waals surface area (Å²) in [6.45, 7) is 4.44. The van der Waals surface area contributed by atoms with Gasteiger partial charge in [-0.3, -0.25) is 0 Å². The lowest BCUT2D eigenvalue weighted by atomic mass is 10.4. The van der Waals surface area contributed by atoms with Gasteiger partial charge in [0.1, 0.15) is 0 Å². The molecule has 0 unspecified atom stereocenters. The smallest absolute Gasteiger partial charge is 0.223 e. The standard InChI is InChI=1S/C11H17BrOSi/c1-4-14(5-2,13-3)11-8-6-7-10(12)9-11/h6-9H,4-5H2,1-3H3. The van der Waals surface area contributed by atoms with Crippen molar-refractivity contribution < 1.29 is 4.43 Å². The van der Waals surface area contributed by atoms with Crippen molar-refractivity contribution in [3.05, 3.63) is 28.7 Å². The van der Waals surface area contributed by atoms with E-state index in [-0.39, 0.29) is 0 Å². The van der Waals surface area contributed by atoms with Gasteiger partial charge >= 0.3 is 0 Å². The van der Waals surface area contributed by atoms with Crippen LogP contribution in [0.3, 0.4) is 0 Å². The van der Waals surface area contributed by atoms with E-state index in [0.717, 1.165) is 16.6 Å². The number of hydrogen-bond donors (Lipinski definition) is 0. The molecule has 0 aliphatic rings. The van der Waals surface area contributed by atoms with Gasteiger partial charge in [0.15, 0.2) is 0 Å². The van der Waals surface area contributed by atoms with Gasteiger partial charge in [-0.1, -0.05) is 41.9 Å². The Kier molecular flexibility index (Phi) is 4.35. The summed E-state index contributed by atoms with van der Waals surface area (Å²) < 4.78 is 6.94. The molecule has 14 heavy (non-hydrogen) atoms. The molecule has 0 fully saturated rings. The number of halogens is 1. The fourth-order valence-corrected chi connectivity index (χ4v) is 5.40. The highest BCUT2D eigenvalue weighted by Crippen LogP contribution is 2.18. The summed E-state index contributed by atoms with van der Waals surface area (Å²) in [6, 6.07) is 10.8. The molecular weight excluding hydrogens is 256 g/mol. The molecule has 0 heterocycles. The van der Waals surface area contributed by atoms with Crippen LogP contribution in [-0.4, -0.2) is 15.4 Å². The summed E-state index contributed by atoms with van der Waals surface area (Å²) in [6.07, 6.45) is 0. The van der Waals surface area contributed by atoms with Crippen molar-refractivity contribution in [2.45, 2.75) is 25.9 Å². The van der Waals surface area contributed by atoms with Crippen molar-refractivity contribution in [3.8, 4) is 0 Å². The second-order valence-corrected chi connectivity index (χ2v) is 8.72. The zero-order chi connectivity index (χ0) is 10.6. The quantitative estimate of drug-likeness (QED) is 0.765. The molecule has 0 spiro atoms. The molecule has 1 aromatic carbocycles. The first-order valence-electron chi connectivity index (χ1n) is 4.99. The molecule has 0 aromatic heterocycles. The van der Waals surface area contributed by atoms with Gasteiger partial charge < -0.3 is 4.43 Å². The third-order valence-electron chi connectivity index (χ3n) is 2.88. The normalized spacial score (nSPS) is 11.7. The van der Waals surface area contributed by atoms with Gasteiger partial charge in [-0.15, -0.1) is 0 Å². The van der Waals surface area contributed by atoms with Gasteiger partial charge in [-0.25, -0.2) is 0 Å². The van der Waals surface area contributed by atoms with Gasteiger partial charge in [0.25, 0.3) is 0 Å². The van der Waals surface area contributed by atoms with E-state index in [1.165, 1.54) is 5.19 Å². The van der Waals surface area contributed by atoms with Crippen LogP contribution in [0.1, 0.15) is 13.8 Å². The molecule has 0 bridgehead atoms. The zero-order valence-corrected chi connectivity index (χ0v) is 11.6. The Morgan fingerprint density at radius 3 is 2.36 bits per heavy atom. The molecule has 0 radical (unpaired) electrons. The second kappa shape index (κ2) is 5.10. The summed E-state index contributed by atoms with van der Waals surface area (Å²) in [5.41, 5.74) is 0. The first-order chi connectivity index (χ1) is 6.68. The molecular formula is C11H17BrOSi. The average molecular weight is 273 g/mol. The molecule has 78 valence electrons. The van der Waals surface area contributed by atoms with Crippen LogP contribution in [0, 0.1) is 0 Å². The fraction of sp³-hybridized carbons (Fsp3) is 0.455. The van der Waals surface area contributed by atoms with Gasteiger partial charge in [0, 0.05) is 11.6 Å². The molecule has 0 saturated carbocycles. The van der Waals surface area contributed by atoms with Gasteiger partial charge in [-0.2, -0.15) is 0 Å². The second-order valence-electron chi connectivity index (χ2n) is 3.42. The molecule has 0 atom stereocenters. The number of benzene rings is 1. The Morgan fingerprint density at radius 1 is 1.29 bits per heavy atom. The highest BCUT2D eigenvalue weighted by atomic mass is 79.9. The van der Waals surface area contributed by atoms with E-state index < -0.39 is 8.32 Å². The van der Waals surface area contributed by atoms with E-state index in [1.807, 2.05) is 7.11 Å². The van der Waals surface area contributed by atoms with E-state index in [4.69, 9.17) is 4.43 Å². The van der Waals surface area contributed by atoms with Crippen LogP contribution < -0.4 is 5.19 Å². The van der Waals surface area contributed by atoms with Gasteiger partial charge in [0.2, 0.25) is 8.32 Å². The minimum atomic E-state index is -1.65. The monoisotopic (exact) mass is 272 g/mol. The van der Waals surface area contributed by atoms with Gasteiger partial charge in [0.05, 0.1) is 0 Å². The molecule has 0 N–H and O–H groups in total. The van der Waals surface area contributed by atoms with E-state index in [0.29, 0.717) is 0 Å². The summed E-state index contributed by atoms with van der Waals surface area (Å²) in [5.74, 6) is 0. The first kappa shape index (κ1) is 11.9. The molecule has 1 nitrogen and oxygen atoms in total. The molecule has 0 saturated heterocycles. The molecule has 1 rings (SSSR count). The lowest BCUT2D eigenvalue weighted by Crippen LogP contribution is -2.48. The van der Waals surface area contributed by atoms with E-state index >= 15 is 0 Å². The van der Waals surface area contributed by atoms with Gasteiger partial charge in [-0.05, 0) is 29.4 Å². The number of rotatable bonds is 4. The van der Waals surface area contributed by atoms with Crippen molar-refractivity contribution in [1.82, 2.24) is 0 Å². The topological polar surface area (TPSA) is 9.23 Å². The van der Waals surface area contributed by atoms with E-state index in [9.17, 15) is 0 Å².